The van der Waals surface area contributed by atoms with E-state index in [1.807, 2.05) is 32.2 Å². The Balaban J connectivity index is 1.79. The Hall–Kier alpha value is -2.25. The lowest BCUT2D eigenvalue weighted by Crippen LogP contribution is -2.44. The van der Waals surface area contributed by atoms with Crippen molar-refractivity contribution in [3.63, 3.8) is 0 Å². The summed E-state index contributed by atoms with van der Waals surface area (Å²) in [5, 5.41) is 10.7. The fourth-order valence-electron chi connectivity index (χ4n) is 2.95. The Morgan fingerprint density at radius 2 is 2.04 bits per heavy atom. The molecule has 2 heterocycles. The van der Waals surface area contributed by atoms with E-state index >= 15 is 0 Å². The normalized spacial score (nSPS) is 21.5. The topological polar surface area (TPSA) is 72.3 Å². The molecule has 0 radical (unpaired) electrons. The Kier molecular flexibility index (Phi) is 4.68. The largest absolute Gasteiger partial charge is 0.375 e. The van der Waals surface area contributed by atoms with Crippen molar-refractivity contribution in [1.82, 2.24) is 25.0 Å². The number of carbonyl (C=O) groups excluding carboxylic acids is 1. The van der Waals surface area contributed by atoms with Gasteiger partial charge in [-0.25, -0.2) is 0 Å². The van der Waals surface area contributed by atoms with E-state index in [9.17, 15) is 4.79 Å². The number of nitrogens with one attached hydrogen (secondary N) is 1. The zero-order valence-electron chi connectivity index (χ0n) is 13.3. The number of hydrogen-bond acceptors (Lipinski definition) is 5. The standard InChI is InChI=1S/C16H21N5O2/c1-3-23-15-9-20(2)8-13(15)19-16(22)12-6-4-5-7-14(12)21-10-17-18-11-21/h4-7,10-11,13,15H,3,8-9H2,1-2H3,(H,19,22). The minimum atomic E-state index is -0.112. The average molecular weight is 315 g/mol. The second kappa shape index (κ2) is 6.89. The van der Waals surface area contributed by atoms with Crippen LogP contribution in [-0.4, -0.2) is 64.5 Å². The molecule has 3 rings (SSSR count). The van der Waals surface area contributed by atoms with E-state index in [0.717, 1.165) is 18.8 Å². The van der Waals surface area contributed by atoms with Gasteiger partial charge in [0.15, 0.2) is 0 Å². The molecule has 1 saturated heterocycles. The molecule has 1 aromatic carbocycles. The third-order valence-corrected chi connectivity index (χ3v) is 3.99. The molecule has 0 saturated carbocycles. The van der Waals surface area contributed by atoms with Crippen LogP contribution in [0, 0.1) is 0 Å². The van der Waals surface area contributed by atoms with Crippen LogP contribution in [-0.2, 0) is 4.74 Å². The summed E-state index contributed by atoms with van der Waals surface area (Å²) in [4.78, 5) is 14.9. The maximum absolute atomic E-state index is 12.7. The van der Waals surface area contributed by atoms with Crippen LogP contribution in [0.3, 0.4) is 0 Å². The molecule has 7 heteroatoms. The van der Waals surface area contributed by atoms with Gasteiger partial charge in [0.1, 0.15) is 12.7 Å². The highest BCUT2D eigenvalue weighted by molar-refractivity contribution is 5.98. The van der Waals surface area contributed by atoms with Gasteiger partial charge < -0.3 is 15.0 Å². The molecule has 1 N–H and O–H groups in total. The van der Waals surface area contributed by atoms with Crippen molar-refractivity contribution < 1.29 is 9.53 Å². The lowest BCUT2D eigenvalue weighted by molar-refractivity contribution is 0.0513. The number of rotatable bonds is 5. The maximum Gasteiger partial charge on any atom is 0.253 e. The summed E-state index contributed by atoms with van der Waals surface area (Å²) >= 11 is 0. The van der Waals surface area contributed by atoms with E-state index in [1.54, 1.807) is 23.3 Å². The minimum absolute atomic E-state index is 0.0126. The monoisotopic (exact) mass is 315 g/mol. The number of hydrogen-bond donors (Lipinski definition) is 1. The van der Waals surface area contributed by atoms with Crippen molar-refractivity contribution in [2.75, 3.05) is 26.7 Å². The molecule has 1 fully saturated rings. The lowest BCUT2D eigenvalue weighted by atomic mass is 10.1. The first-order chi connectivity index (χ1) is 11.2. The van der Waals surface area contributed by atoms with Crippen molar-refractivity contribution in [2.45, 2.75) is 19.1 Å². The van der Waals surface area contributed by atoms with Crippen LogP contribution >= 0.6 is 0 Å². The summed E-state index contributed by atoms with van der Waals surface area (Å²) in [6.07, 6.45) is 3.19. The second-order valence-electron chi connectivity index (χ2n) is 5.68. The highest BCUT2D eigenvalue weighted by atomic mass is 16.5. The molecular weight excluding hydrogens is 294 g/mol. The average Bonchev–Trinajstić information content (AvgIpc) is 3.18. The maximum atomic E-state index is 12.7. The molecule has 1 aliphatic heterocycles. The van der Waals surface area contributed by atoms with Gasteiger partial charge in [0.2, 0.25) is 0 Å². The van der Waals surface area contributed by atoms with Crippen molar-refractivity contribution in [3.05, 3.63) is 42.5 Å². The summed E-state index contributed by atoms with van der Waals surface area (Å²) in [6, 6.07) is 7.40. The first kappa shape index (κ1) is 15.6. The van der Waals surface area contributed by atoms with E-state index in [4.69, 9.17) is 4.74 Å². The Labute approximate surface area is 135 Å². The molecule has 0 spiro atoms. The molecule has 1 aliphatic rings. The molecule has 0 aliphatic carbocycles. The summed E-state index contributed by atoms with van der Waals surface area (Å²) in [6.45, 7) is 4.22. The van der Waals surface area contributed by atoms with Gasteiger partial charge in [0, 0.05) is 19.7 Å². The Bertz CT molecular complexity index is 658. The minimum Gasteiger partial charge on any atom is -0.375 e. The van der Waals surface area contributed by atoms with Gasteiger partial charge in [-0.05, 0) is 26.1 Å². The number of nitrogens with zero attached hydrogens (tertiary/aromatic N) is 4. The van der Waals surface area contributed by atoms with E-state index in [1.165, 1.54) is 0 Å². The molecule has 122 valence electrons. The number of likely N-dealkylation sites (N-methyl/N-ethyl adjacent to an activating group) is 1. The molecule has 2 aromatic rings. The number of likely N-dealkylation sites (tertiary alicyclic amines) is 1. The number of para-hydroxylation sites is 1. The highest BCUT2D eigenvalue weighted by Crippen LogP contribution is 2.16. The van der Waals surface area contributed by atoms with Crippen LogP contribution in [0.5, 0.6) is 0 Å². The summed E-state index contributed by atoms with van der Waals surface area (Å²) in [5.41, 5.74) is 1.35. The lowest BCUT2D eigenvalue weighted by Gasteiger charge is -2.20. The smallest absolute Gasteiger partial charge is 0.253 e. The van der Waals surface area contributed by atoms with Crippen LogP contribution < -0.4 is 5.32 Å². The number of ether oxygens (including phenoxy) is 1. The predicted molar refractivity (Wildman–Crippen MR) is 85.5 cm³/mol. The number of aromatic nitrogens is 3. The van der Waals surface area contributed by atoms with Crippen molar-refractivity contribution in [1.29, 1.82) is 0 Å². The quantitative estimate of drug-likeness (QED) is 0.880. The van der Waals surface area contributed by atoms with Gasteiger partial charge in [-0.1, -0.05) is 12.1 Å². The highest BCUT2D eigenvalue weighted by Gasteiger charge is 2.33. The van der Waals surface area contributed by atoms with Crippen LogP contribution in [0.25, 0.3) is 5.69 Å². The number of carbonyl (C=O) groups is 1. The van der Waals surface area contributed by atoms with Gasteiger partial charge in [-0.3, -0.25) is 9.36 Å². The third kappa shape index (κ3) is 3.40. The molecular formula is C16H21N5O2. The summed E-state index contributed by atoms with van der Waals surface area (Å²) < 4.78 is 7.48. The van der Waals surface area contributed by atoms with E-state index in [0.29, 0.717) is 12.2 Å². The molecule has 2 atom stereocenters. The molecule has 7 nitrogen and oxygen atoms in total. The first-order valence-electron chi connectivity index (χ1n) is 7.74. The van der Waals surface area contributed by atoms with Crippen LogP contribution in [0.4, 0.5) is 0 Å². The summed E-state index contributed by atoms with van der Waals surface area (Å²) in [7, 11) is 2.03. The van der Waals surface area contributed by atoms with Gasteiger partial charge in [0.25, 0.3) is 5.91 Å². The van der Waals surface area contributed by atoms with E-state index < -0.39 is 0 Å². The fourth-order valence-corrected chi connectivity index (χ4v) is 2.95. The molecule has 0 bridgehead atoms. The van der Waals surface area contributed by atoms with Crippen molar-refractivity contribution in [3.8, 4) is 5.69 Å². The zero-order chi connectivity index (χ0) is 16.2. The van der Waals surface area contributed by atoms with Crippen LogP contribution in [0.15, 0.2) is 36.9 Å². The van der Waals surface area contributed by atoms with E-state index in [2.05, 4.69) is 20.4 Å². The fraction of sp³-hybridized carbons (Fsp3) is 0.438. The van der Waals surface area contributed by atoms with Gasteiger partial charge in [-0.2, -0.15) is 0 Å². The van der Waals surface area contributed by atoms with Gasteiger partial charge >= 0.3 is 0 Å². The predicted octanol–water partition coefficient (Wildman–Crippen LogP) is 0.716. The number of amides is 1. The summed E-state index contributed by atoms with van der Waals surface area (Å²) in [5.74, 6) is -0.112. The van der Waals surface area contributed by atoms with Gasteiger partial charge in [0.05, 0.1) is 23.4 Å². The van der Waals surface area contributed by atoms with Crippen molar-refractivity contribution >= 4 is 5.91 Å². The Morgan fingerprint density at radius 3 is 2.78 bits per heavy atom. The van der Waals surface area contributed by atoms with Crippen LogP contribution in [0.2, 0.25) is 0 Å². The van der Waals surface area contributed by atoms with Crippen LogP contribution in [0.1, 0.15) is 17.3 Å². The molecule has 23 heavy (non-hydrogen) atoms. The SMILES string of the molecule is CCOC1CN(C)CC1NC(=O)c1ccccc1-n1cnnc1. The second-order valence-corrected chi connectivity index (χ2v) is 5.68. The zero-order valence-corrected chi connectivity index (χ0v) is 13.3. The third-order valence-electron chi connectivity index (χ3n) is 3.99. The molecule has 1 amide bonds. The first-order valence-corrected chi connectivity index (χ1v) is 7.74. The molecule has 2 unspecified atom stereocenters. The van der Waals surface area contributed by atoms with Gasteiger partial charge in [-0.15, -0.1) is 10.2 Å². The van der Waals surface area contributed by atoms with Crippen molar-refractivity contribution in [2.24, 2.45) is 0 Å². The Morgan fingerprint density at radius 1 is 1.30 bits per heavy atom. The number of benzene rings is 1. The molecule has 1 aromatic heterocycles. The van der Waals surface area contributed by atoms with E-state index in [-0.39, 0.29) is 18.1 Å².